The number of nitrogens with one attached hydrogen (secondary N) is 2. The molecule has 152 valence electrons. The fourth-order valence-electron chi connectivity index (χ4n) is 3.41. The van der Waals surface area contributed by atoms with Gasteiger partial charge in [0.05, 0.1) is 5.41 Å². The standard InChI is InChI=1S/C21H34N4O.HI/c1-5-23-19(26)21(2,3)16-24-20(22-4)25-13-11-18(12-14-25)15-17-9-7-6-8-10-17;/h6-10,18H,5,11-16H2,1-4H3,(H,22,24)(H,23,26);1H. The van der Waals surface area contributed by atoms with Gasteiger partial charge in [-0.2, -0.15) is 0 Å². The first-order chi connectivity index (χ1) is 12.5. The number of benzene rings is 1. The van der Waals surface area contributed by atoms with Gasteiger partial charge in [-0.1, -0.05) is 30.3 Å². The topological polar surface area (TPSA) is 56.7 Å². The lowest BCUT2D eigenvalue weighted by molar-refractivity contribution is -0.128. The van der Waals surface area contributed by atoms with E-state index in [1.54, 1.807) is 0 Å². The van der Waals surface area contributed by atoms with Gasteiger partial charge >= 0.3 is 0 Å². The van der Waals surface area contributed by atoms with Crippen molar-refractivity contribution in [3.8, 4) is 0 Å². The number of carbonyl (C=O) groups excluding carboxylic acids is 1. The molecule has 0 aliphatic carbocycles. The third kappa shape index (κ3) is 7.31. The van der Waals surface area contributed by atoms with Crippen LogP contribution >= 0.6 is 24.0 Å². The fourth-order valence-corrected chi connectivity index (χ4v) is 3.41. The zero-order valence-electron chi connectivity index (χ0n) is 17.1. The van der Waals surface area contributed by atoms with Gasteiger partial charge in [0, 0.05) is 33.2 Å². The second-order valence-electron chi connectivity index (χ2n) is 7.76. The molecule has 0 spiro atoms. The maximum absolute atomic E-state index is 12.2. The fraction of sp³-hybridized carbons (Fsp3) is 0.619. The maximum Gasteiger partial charge on any atom is 0.227 e. The molecule has 0 aromatic heterocycles. The highest BCUT2D eigenvalue weighted by atomic mass is 127. The van der Waals surface area contributed by atoms with E-state index in [0.29, 0.717) is 13.1 Å². The number of guanidine groups is 1. The summed E-state index contributed by atoms with van der Waals surface area (Å²) in [5.41, 5.74) is 0.967. The number of rotatable bonds is 6. The lowest BCUT2D eigenvalue weighted by Gasteiger charge is -2.35. The van der Waals surface area contributed by atoms with E-state index in [9.17, 15) is 4.79 Å². The number of piperidine rings is 1. The molecule has 6 heteroatoms. The third-order valence-electron chi connectivity index (χ3n) is 5.13. The van der Waals surface area contributed by atoms with Crippen molar-refractivity contribution in [3.63, 3.8) is 0 Å². The number of aliphatic imine (C=N–C) groups is 1. The molecule has 0 saturated carbocycles. The molecule has 1 aliphatic heterocycles. The largest absolute Gasteiger partial charge is 0.356 e. The van der Waals surface area contributed by atoms with Gasteiger partial charge in [-0.15, -0.1) is 24.0 Å². The van der Waals surface area contributed by atoms with E-state index in [1.165, 1.54) is 18.4 Å². The summed E-state index contributed by atoms with van der Waals surface area (Å²) in [5, 5.41) is 6.30. The first-order valence-electron chi connectivity index (χ1n) is 9.74. The highest BCUT2D eigenvalue weighted by Crippen LogP contribution is 2.22. The van der Waals surface area contributed by atoms with Gasteiger partial charge in [0.2, 0.25) is 5.91 Å². The van der Waals surface area contributed by atoms with Crippen molar-refractivity contribution in [3.05, 3.63) is 35.9 Å². The molecule has 0 atom stereocenters. The zero-order valence-corrected chi connectivity index (χ0v) is 19.5. The molecule has 0 unspecified atom stereocenters. The second-order valence-corrected chi connectivity index (χ2v) is 7.76. The first-order valence-corrected chi connectivity index (χ1v) is 9.74. The molecule has 2 rings (SSSR count). The van der Waals surface area contributed by atoms with Crippen molar-refractivity contribution in [2.24, 2.45) is 16.3 Å². The van der Waals surface area contributed by atoms with E-state index in [1.807, 2.05) is 27.8 Å². The SMILES string of the molecule is CCNC(=O)C(C)(C)CNC(=NC)N1CCC(Cc2ccccc2)CC1.I. The summed E-state index contributed by atoms with van der Waals surface area (Å²) in [6.07, 6.45) is 3.51. The molecule has 1 aromatic carbocycles. The number of halogens is 1. The van der Waals surface area contributed by atoms with Crippen LogP contribution in [0.3, 0.4) is 0 Å². The Morgan fingerprint density at radius 2 is 1.81 bits per heavy atom. The van der Waals surface area contributed by atoms with Gasteiger partial charge in [-0.05, 0) is 51.5 Å². The van der Waals surface area contributed by atoms with E-state index < -0.39 is 5.41 Å². The van der Waals surface area contributed by atoms with Crippen LogP contribution in [0.5, 0.6) is 0 Å². The number of amides is 1. The number of carbonyl (C=O) groups is 1. The van der Waals surface area contributed by atoms with Gasteiger partial charge in [-0.3, -0.25) is 9.79 Å². The summed E-state index contributed by atoms with van der Waals surface area (Å²) in [4.78, 5) is 18.9. The lowest BCUT2D eigenvalue weighted by atomic mass is 9.90. The number of nitrogens with zero attached hydrogens (tertiary/aromatic N) is 2. The van der Waals surface area contributed by atoms with Crippen molar-refractivity contribution in [2.45, 2.75) is 40.0 Å². The maximum atomic E-state index is 12.2. The Morgan fingerprint density at radius 1 is 1.19 bits per heavy atom. The first kappa shape index (κ1) is 23.7. The summed E-state index contributed by atoms with van der Waals surface area (Å²) in [7, 11) is 1.82. The molecule has 1 amide bonds. The van der Waals surface area contributed by atoms with Crippen LogP contribution < -0.4 is 10.6 Å². The van der Waals surface area contributed by atoms with Crippen LogP contribution in [0.2, 0.25) is 0 Å². The van der Waals surface area contributed by atoms with Gasteiger partial charge < -0.3 is 15.5 Å². The Bertz CT molecular complexity index is 595. The number of likely N-dealkylation sites (tertiary alicyclic amines) is 1. The van der Waals surface area contributed by atoms with Crippen LogP contribution in [0.4, 0.5) is 0 Å². The van der Waals surface area contributed by atoms with E-state index in [4.69, 9.17) is 0 Å². The Balaban J connectivity index is 0.00000364. The van der Waals surface area contributed by atoms with E-state index in [0.717, 1.165) is 31.4 Å². The molecule has 0 radical (unpaired) electrons. The predicted octanol–water partition coefficient (Wildman–Crippen LogP) is 3.30. The monoisotopic (exact) mass is 486 g/mol. The minimum Gasteiger partial charge on any atom is -0.356 e. The number of hydrogen-bond donors (Lipinski definition) is 2. The Morgan fingerprint density at radius 3 is 2.37 bits per heavy atom. The van der Waals surface area contributed by atoms with Gasteiger partial charge in [0.1, 0.15) is 0 Å². The molecule has 1 heterocycles. The normalized spacial score (nSPS) is 15.9. The highest BCUT2D eigenvalue weighted by molar-refractivity contribution is 14.0. The highest BCUT2D eigenvalue weighted by Gasteiger charge is 2.28. The summed E-state index contributed by atoms with van der Waals surface area (Å²) in [5.74, 6) is 1.71. The van der Waals surface area contributed by atoms with Crippen LogP contribution in [0.15, 0.2) is 35.3 Å². The molecule has 27 heavy (non-hydrogen) atoms. The smallest absolute Gasteiger partial charge is 0.227 e. The van der Waals surface area contributed by atoms with E-state index >= 15 is 0 Å². The molecule has 1 aliphatic rings. The summed E-state index contributed by atoms with van der Waals surface area (Å²) in [6, 6.07) is 10.7. The lowest BCUT2D eigenvalue weighted by Crippen LogP contribution is -2.50. The minimum atomic E-state index is -0.461. The van der Waals surface area contributed by atoms with Crippen molar-refractivity contribution in [1.29, 1.82) is 0 Å². The number of hydrogen-bond acceptors (Lipinski definition) is 2. The quantitative estimate of drug-likeness (QED) is 0.369. The van der Waals surface area contributed by atoms with Crippen LogP contribution in [0.25, 0.3) is 0 Å². The van der Waals surface area contributed by atoms with Crippen molar-refractivity contribution in [2.75, 3.05) is 33.2 Å². The average molecular weight is 486 g/mol. The van der Waals surface area contributed by atoms with Crippen LogP contribution in [-0.2, 0) is 11.2 Å². The summed E-state index contributed by atoms with van der Waals surface area (Å²) in [6.45, 7) is 9.13. The molecule has 2 N–H and O–H groups in total. The van der Waals surface area contributed by atoms with Gasteiger partial charge in [0.15, 0.2) is 5.96 Å². The summed E-state index contributed by atoms with van der Waals surface area (Å²) < 4.78 is 0. The summed E-state index contributed by atoms with van der Waals surface area (Å²) >= 11 is 0. The molecule has 0 bridgehead atoms. The molecular weight excluding hydrogens is 451 g/mol. The Kier molecular flexibility index (Phi) is 10.1. The van der Waals surface area contributed by atoms with Crippen molar-refractivity contribution >= 4 is 35.8 Å². The van der Waals surface area contributed by atoms with Crippen LogP contribution in [-0.4, -0.2) is 50.0 Å². The van der Waals surface area contributed by atoms with Crippen molar-refractivity contribution < 1.29 is 4.79 Å². The molecule has 5 nitrogen and oxygen atoms in total. The van der Waals surface area contributed by atoms with E-state index in [2.05, 4.69) is 50.9 Å². The molecule has 1 aromatic rings. The Labute approximate surface area is 181 Å². The molecule has 1 fully saturated rings. The predicted molar refractivity (Wildman–Crippen MR) is 124 cm³/mol. The van der Waals surface area contributed by atoms with Gasteiger partial charge in [0.25, 0.3) is 0 Å². The Hall–Kier alpha value is -1.31. The van der Waals surface area contributed by atoms with Gasteiger partial charge in [-0.25, -0.2) is 0 Å². The third-order valence-corrected chi connectivity index (χ3v) is 5.13. The van der Waals surface area contributed by atoms with E-state index in [-0.39, 0.29) is 29.9 Å². The van der Waals surface area contributed by atoms with Crippen LogP contribution in [0.1, 0.15) is 39.2 Å². The van der Waals surface area contributed by atoms with Crippen molar-refractivity contribution in [1.82, 2.24) is 15.5 Å². The average Bonchev–Trinajstić information content (AvgIpc) is 2.64. The zero-order chi connectivity index (χ0) is 19.0. The minimum absolute atomic E-state index is 0. The second kappa shape index (κ2) is 11.5. The molecular formula is C21H35IN4O. The molecule has 1 saturated heterocycles. The van der Waals surface area contributed by atoms with Crippen LogP contribution in [0, 0.1) is 11.3 Å².